The first kappa shape index (κ1) is 17.3. The van der Waals surface area contributed by atoms with Gasteiger partial charge in [-0.15, -0.1) is 0 Å². The summed E-state index contributed by atoms with van der Waals surface area (Å²) in [5, 5.41) is 0. The molecule has 3 rings (SSSR count). The van der Waals surface area contributed by atoms with Crippen LogP contribution in [0.3, 0.4) is 0 Å². The molecular weight excluding hydrogens is 330 g/mol. The minimum Gasteiger partial charge on any atom is -0.363 e. The number of carbonyl (C=O) groups is 1. The third kappa shape index (κ3) is 3.76. The van der Waals surface area contributed by atoms with E-state index in [0.717, 1.165) is 12.1 Å². The van der Waals surface area contributed by atoms with E-state index in [1.807, 2.05) is 18.2 Å². The molecule has 2 fully saturated rings. The molecule has 1 aromatic heterocycles. The third-order valence-corrected chi connectivity index (χ3v) is 6.03. The normalized spacial score (nSPS) is 27.7. The Bertz CT molecular complexity index is 695. The van der Waals surface area contributed by atoms with Crippen LogP contribution in [0.2, 0.25) is 0 Å². The molecule has 2 saturated heterocycles. The van der Waals surface area contributed by atoms with Crippen LogP contribution in [-0.4, -0.2) is 67.1 Å². The van der Waals surface area contributed by atoms with Gasteiger partial charge in [-0.1, -0.05) is 6.07 Å². The lowest BCUT2D eigenvalue weighted by molar-refractivity contribution is -0.142. The lowest BCUT2D eigenvalue weighted by Gasteiger charge is -2.32. The molecule has 3 atom stereocenters. The number of piperidine rings is 1. The molecular formula is C16H23N3O4S. The highest BCUT2D eigenvalue weighted by Crippen LogP contribution is 2.34. The third-order valence-electron chi connectivity index (χ3n) is 4.76. The van der Waals surface area contributed by atoms with Crippen molar-refractivity contribution >= 4 is 15.9 Å². The SMILES string of the molecule is CN(Cc1ccccn1)C(=O)[C@H]1C[C@@H]2CCN(S(C)(=O)=O)C[C@@H]2O1. The summed E-state index contributed by atoms with van der Waals surface area (Å²) in [4.78, 5) is 18.5. The van der Waals surface area contributed by atoms with Gasteiger partial charge in [0.15, 0.2) is 0 Å². The van der Waals surface area contributed by atoms with Gasteiger partial charge in [0, 0.05) is 26.3 Å². The molecule has 24 heavy (non-hydrogen) atoms. The summed E-state index contributed by atoms with van der Waals surface area (Å²) in [6.07, 6.45) is 3.64. The lowest BCUT2D eigenvalue weighted by Crippen LogP contribution is -2.45. The Morgan fingerprint density at radius 1 is 1.46 bits per heavy atom. The fourth-order valence-electron chi connectivity index (χ4n) is 3.42. The molecule has 2 aliphatic heterocycles. The van der Waals surface area contributed by atoms with E-state index >= 15 is 0 Å². The number of fused-ring (bicyclic) bond motifs is 1. The maximum absolute atomic E-state index is 12.6. The molecule has 1 amide bonds. The van der Waals surface area contributed by atoms with Crippen LogP contribution in [0, 0.1) is 5.92 Å². The molecule has 0 radical (unpaired) electrons. The van der Waals surface area contributed by atoms with Gasteiger partial charge < -0.3 is 9.64 Å². The minimum atomic E-state index is -3.21. The Kier molecular flexibility index (Phi) is 4.89. The Labute approximate surface area is 142 Å². The second-order valence-corrected chi connectivity index (χ2v) is 8.57. The van der Waals surface area contributed by atoms with Gasteiger partial charge in [-0.25, -0.2) is 8.42 Å². The number of aromatic nitrogens is 1. The van der Waals surface area contributed by atoms with Gasteiger partial charge in [0.05, 0.1) is 24.6 Å². The van der Waals surface area contributed by atoms with E-state index in [9.17, 15) is 13.2 Å². The Morgan fingerprint density at radius 3 is 2.92 bits per heavy atom. The zero-order valence-electron chi connectivity index (χ0n) is 14.0. The summed E-state index contributed by atoms with van der Waals surface area (Å²) in [5.41, 5.74) is 0.826. The van der Waals surface area contributed by atoms with Crippen LogP contribution < -0.4 is 0 Å². The molecule has 0 spiro atoms. The Balaban J connectivity index is 1.60. The first-order valence-corrected chi connectivity index (χ1v) is 9.95. The molecule has 132 valence electrons. The van der Waals surface area contributed by atoms with Crippen LogP contribution in [0.25, 0.3) is 0 Å². The number of hydrogen-bond donors (Lipinski definition) is 0. The van der Waals surface area contributed by atoms with E-state index in [0.29, 0.717) is 26.1 Å². The van der Waals surface area contributed by atoms with E-state index < -0.39 is 16.1 Å². The predicted molar refractivity (Wildman–Crippen MR) is 88.5 cm³/mol. The van der Waals surface area contributed by atoms with Crippen molar-refractivity contribution in [1.29, 1.82) is 0 Å². The zero-order valence-corrected chi connectivity index (χ0v) is 14.8. The number of carbonyl (C=O) groups excluding carboxylic acids is 1. The van der Waals surface area contributed by atoms with Crippen molar-refractivity contribution in [1.82, 2.24) is 14.2 Å². The Morgan fingerprint density at radius 2 is 2.25 bits per heavy atom. The van der Waals surface area contributed by atoms with Crippen LogP contribution >= 0.6 is 0 Å². The highest BCUT2D eigenvalue weighted by molar-refractivity contribution is 7.88. The smallest absolute Gasteiger partial charge is 0.251 e. The molecule has 0 aliphatic carbocycles. The quantitative estimate of drug-likeness (QED) is 0.787. The standard InChI is InChI=1S/C16H23N3O4S/c1-18(10-13-5-3-4-7-17-13)16(20)14-9-12-6-8-19(24(2,21)22)11-15(12)23-14/h3-5,7,12,14-15H,6,8-11H2,1-2H3/t12-,14+,15-/m0/s1. The zero-order chi connectivity index (χ0) is 17.3. The van der Waals surface area contributed by atoms with Crippen molar-refractivity contribution in [3.8, 4) is 0 Å². The van der Waals surface area contributed by atoms with Gasteiger partial charge in [0.2, 0.25) is 10.0 Å². The summed E-state index contributed by atoms with van der Waals surface area (Å²) in [5.74, 6) is 0.182. The largest absolute Gasteiger partial charge is 0.363 e. The summed E-state index contributed by atoms with van der Waals surface area (Å²) < 4.78 is 30.7. The van der Waals surface area contributed by atoms with Gasteiger partial charge >= 0.3 is 0 Å². The molecule has 0 N–H and O–H groups in total. The van der Waals surface area contributed by atoms with Gasteiger partial charge in [-0.3, -0.25) is 9.78 Å². The number of ether oxygens (including phenoxy) is 1. The average molecular weight is 353 g/mol. The van der Waals surface area contributed by atoms with Crippen LogP contribution in [0.1, 0.15) is 18.5 Å². The van der Waals surface area contributed by atoms with Crippen molar-refractivity contribution in [2.75, 3.05) is 26.4 Å². The van der Waals surface area contributed by atoms with E-state index in [1.54, 1.807) is 18.1 Å². The first-order chi connectivity index (χ1) is 11.3. The molecule has 7 nitrogen and oxygen atoms in total. The predicted octanol–water partition coefficient (Wildman–Crippen LogP) is 0.479. The van der Waals surface area contributed by atoms with Gasteiger partial charge in [0.25, 0.3) is 5.91 Å². The average Bonchev–Trinajstić information content (AvgIpc) is 2.97. The molecule has 2 aliphatic rings. The number of amides is 1. The van der Waals surface area contributed by atoms with Crippen LogP contribution in [0.4, 0.5) is 0 Å². The fourth-order valence-corrected chi connectivity index (χ4v) is 4.28. The molecule has 8 heteroatoms. The van der Waals surface area contributed by atoms with E-state index in [-0.39, 0.29) is 17.9 Å². The van der Waals surface area contributed by atoms with Gasteiger partial charge in [-0.2, -0.15) is 4.31 Å². The summed E-state index contributed by atoms with van der Waals surface area (Å²) in [6, 6.07) is 5.60. The lowest BCUT2D eigenvalue weighted by atomic mass is 9.92. The van der Waals surface area contributed by atoms with Crippen molar-refractivity contribution in [2.24, 2.45) is 5.92 Å². The van der Waals surface area contributed by atoms with Crippen LogP contribution in [-0.2, 0) is 26.1 Å². The van der Waals surface area contributed by atoms with Crippen LogP contribution in [0.15, 0.2) is 24.4 Å². The number of pyridine rings is 1. The number of likely N-dealkylation sites (N-methyl/N-ethyl adjacent to an activating group) is 1. The summed E-state index contributed by atoms with van der Waals surface area (Å²) in [7, 11) is -1.47. The van der Waals surface area contributed by atoms with Crippen LogP contribution in [0.5, 0.6) is 0 Å². The molecule has 3 heterocycles. The van der Waals surface area contributed by atoms with E-state index in [4.69, 9.17) is 4.74 Å². The number of hydrogen-bond acceptors (Lipinski definition) is 5. The maximum Gasteiger partial charge on any atom is 0.251 e. The van der Waals surface area contributed by atoms with E-state index in [2.05, 4.69) is 4.98 Å². The van der Waals surface area contributed by atoms with Crippen molar-refractivity contribution < 1.29 is 17.9 Å². The highest BCUT2D eigenvalue weighted by atomic mass is 32.2. The number of sulfonamides is 1. The molecule has 0 saturated carbocycles. The number of nitrogens with zero attached hydrogens (tertiary/aromatic N) is 3. The van der Waals surface area contributed by atoms with Gasteiger partial charge in [0.1, 0.15) is 6.10 Å². The fraction of sp³-hybridized carbons (Fsp3) is 0.625. The van der Waals surface area contributed by atoms with Gasteiger partial charge in [-0.05, 0) is 30.9 Å². The van der Waals surface area contributed by atoms with Crippen molar-refractivity contribution in [3.05, 3.63) is 30.1 Å². The molecule has 0 aromatic carbocycles. The second kappa shape index (κ2) is 6.78. The first-order valence-electron chi connectivity index (χ1n) is 8.10. The second-order valence-electron chi connectivity index (χ2n) is 6.58. The molecule has 0 unspecified atom stereocenters. The molecule has 1 aromatic rings. The van der Waals surface area contributed by atoms with E-state index in [1.165, 1.54) is 10.6 Å². The monoisotopic (exact) mass is 353 g/mol. The topological polar surface area (TPSA) is 79.8 Å². The summed E-state index contributed by atoms with van der Waals surface area (Å²) in [6.45, 7) is 1.29. The Hall–Kier alpha value is -1.51. The summed E-state index contributed by atoms with van der Waals surface area (Å²) >= 11 is 0. The number of rotatable bonds is 4. The highest BCUT2D eigenvalue weighted by Gasteiger charge is 2.44. The maximum atomic E-state index is 12.6. The minimum absolute atomic E-state index is 0.0686. The molecule has 0 bridgehead atoms. The van der Waals surface area contributed by atoms with Crippen molar-refractivity contribution in [3.63, 3.8) is 0 Å². The van der Waals surface area contributed by atoms with Crippen molar-refractivity contribution in [2.45, 2.75) is 31.6 Å².